The van der Waals surface area contributed by atoms with Crippen molar-refractivity contribution in [2.24, 2.45) is 0 Å². The first-order valence-corrected chi connectivity index (χ1v) is 11.6. The molecule has 0 amide bonds. The van der Waals surface area contributed by atoms with Crippen LogP contribution in [0.15, 0.2) is 29.5 Å². The third-order valence-electron chi connectivity index (χ3n) is 6.72. The van der Waals surface area contributed by atoms with Crippen molar-refractivity contribution in [3.05, 3.63) is 40.6 Å². The van der Waals surface area contributed by atoms with Crippen molar-refractivity contribution in [1.82, 2.24) is 24.8 Å². The minimum atomic E-state index is -4.62. The Labute approximate surface area is 188 Å². The van der Waals surface area contributed by atoms with Gasteiger partial charge in [0.15, 0.2) is 0 Å². The predicted octanol–water partition coefficient (Wildman–Crippen LogP) is 4.47. The van der Waals surface area contributed by atoms with Gasteiger partial charge >= 0.3 is 6.18 Å². The summed E-state index contributed by atoms with van der Waals surface area (Å²) in [6.07, 6.45) is 6.41. The van der Waals surface area contributed by atoms with Crippen molar-refractivity contribution in [2.45, 2.75) is 63.2 Å². The van der Waals surface area contributed by atoms with E-state index in [1.807, 2.05) is 0 Å². The molecule has 3 aromatic rings. The van der Waals surface area contributed by atoms with Gasteiger partial charge in [0, 0.05) is 48.2 Å². The Balaban J connectivity index is 1.56. The number of aromatic amines is 1. The van der Waals surface area contributed by atoms with Crippen LogP contribution in [0.1, 0.15) is 56.6 Å². The average molecular weight is 461 g/mol. The highest BCUT2D eigenvalue weighted by Crippen LogP contribution is 2.38. The summed E-state index contributed by atoms with van der Waals surface area (Å²) in [5, 5.41) is 6.83. The second kappa shape index (κ2) is 8.81. The standard InChI is InChI=1S/C23H27F3N6O/c24-23(25,26)18-13-29-22(30-14-5-4-9-27-11-14)31-19(18)17-12-28-20-16(17)8-10-32(21(20)33)15-6-2-1-3-7-15/h8,10,12-15,27-28H,1-7,9,11H2,(H,29,30,31). The number of nitrogens with zero attached hydrogens (tertiary/aromatic N) is 3. The zero-order chi connectivity index (χ0) is 23.0. The molecule has 2 fully saturated rings. The van der Waals surface area contributed by atoms with Gasteiger partial charge < -0.3 is 20.2 Å². The van der Waals surface area contributed by atoms with E-state index in [1.54, 1.807) is 16.8 Å². The van der Waals surface area contributed by atoms with Gasteiger partial charge in [0.2, 0.25) is 5.95 Å². The molecule has 4 heterocycles. The Hall–Kier alpha value is -2.88. The number of nitrogens with one attached hydrogen (secondary N) is 3. The van der Waals surface area contributed by atoms with Crippen molar-refractivity contribution in [2.75, 3.05) is 18.4 Å². The molecule has 0 spiro atoms. The summed E-state index contributed by atoms with van der Waals surface area (Å²) in [5.41, 5.74) is -0.815. The molecule has 3 N–H and O–H groups in total. The van der Waals surface area contributed by atoms with Gasteiger partial charge in [0.1, 0.15) is 11.1 Å². The first kappa shape index (κ1) is 21.9. The van der Waals surface area contributed by atoms with Crippen molar-refractivity contribution < 1.29 is 13.2 Å². The largest absolute Gasteiger partial charge is 0.419 e. The molecule has 5 rings (SSSR count). The topological polar surface area (TPSA) is 87.6 Å². The number of hydrogen-bond acceptors (Lipinski definition) is 5. The van der Waals surface area contributed by atoms with Crippen LogP contribution >= 0.6 is 0 Å². The second-order valence-electron chi connectivity index (χ2n) is 8.95. The van der Waals surface area contributed by atoms with Gasteiger partial charge in [-0.2, -0.15) is 13.2 Å². The van der Waals surface area contributed by atoms with Crippen LogP contribution in [0.2, 0.25) is 0 Å². The molecule has 1 aliphatic carbocycles. The summed E-state index contributed by atoms with van der Waals surface area (Å²) >= 11 is 0. The molecule has 1 saturated heterocycles. The van der Waals surface area contributed by atoms with Gasteiger partial charge in [-0.25, -0.2) is 9.97 Å². The van der Waals surface area contributed by atoms with E-state index in [4.69, 9.17) is 0 Å². The maximum absolute atomic E-state index is 13.8. The molecule has 10 heteroatoms. The van der Waals surface area contributed by atoms with Gasteiger partial charge in [-0.3, -0.25) is 4.79 Å². The van der Waals surface area contributed by atoms with E-state index in [9.17, 15) is 18.0 Å². The highest BCUT2D eigenvalue weighted by molar-refractivity contribution is 5.95. The summed E-state index contributed by atoms with van der Waals surface area (Å²) in [7, 11) is 0. The second-order valence-corrected chi connectivity index (χ2v) is 8.95. The highest BCUT2D eigenvalue weighted by atomic mass is 19.4. The molecule has 3 aromatic heterocycles. The summed E-state index contributed by atoms with van der Waals surface area (Å²) in [6, 6.07) is 1.90. The van der Waals surface area contributed by atoms with Gasteiger partial charge in [-0.1, -0.05) is 19.3 Å². The van der Waals surface area contributed by atoms with Crippen molar-refractivity contribution in [3.8, 4) is 11.3 Å². The lowest BCUT2D eigenvalue weighted by atomic mass is 9.95. The molecule has 0 bridgehead atoms. The zero-order valence-corrected chi connectivity index (χ0v) is 18.2. The number of fused-ring (bicyclic) bond motifs is 1. The van der Waals surface area contributed by atoms with Crippen molar-refractivity contribution in [1.29, 1.82) is 0 Å². The number of alkyl halides is 3. The molecule has 0 aromatic carbocycles. The first-order chi connectivity index (χ1) is 15.9. The number of H-pyrrole nitrogens is 1. The van der Waals surface area contributed by atoms with Gasteiger partial charge in [-0.05, 0) is 38.3 Å². The molecule has 7 nitrogen and oxygen atoms in total. The quantitative estimate of drug-likeness (QED) is 0.535. The molecule has 2 aliphatic rings. The maximum Gasteiger partial charge on any atom is 0.419 e. The third kappa shape index (κ3) is 4.36. The van der Waals surface area contributed by atoms with Gasteiger partial charge in [0.05, 0.1) is 5.69 Å². The Morgan fingerprint density at radius 3 is 2.67 bits per heavy atom. The van der Waals surface area contributed by atoms with Crippen LogP contribution in [0.3, 0.4) is 0 Å². The van der Waals surface area contributed by atoms with E-state index in [-0.39, 0.29) is 34.8 Å². The Kier molecular flexibility index (Phi) is 5.86. The van der Waals surface area contributed by atoms with Crippen molar-refractivity contribution in [3.63, 3.8) is 0 Å². The lowest BCUT2D eigenvalue weighted by Crippen LogP contribution is -2.38. The van der Waals surface area contributed by atoms with Crippen LogP contribution in [0.4, 0.5) is 19.1 Å². The molecule has 1 unspecified atom stereocenters. The SMILES string of the molecule is O=c1c2[nH]cc(-c3nc(NC4CCCNC4)ncc3C(F)(F)F)c2ccn1C1CCCCC1. The normalized spacial score (nSPS) is 20.3. The minimum Gasteiger partial charge on any atom is -0.356 e. The van der Waals surface area contributed by atoms with E-state index in [1.165, 1.54) is 12.6 Å². The lowest BCUT2D eigenvalue weighted by Gasteiger charge is -2.24. The average Bonchev–Trinajstić information content (AvgIpc) is 3.25. The monoisotopic (exact) mass is 460 g/mol. The fourth-order valence-corrected chi connectivity index (χ4v) is 5.00. The Morgan fingerprint density at radius 1 is 1.12 bits per heavy atom. The zero-order valence-electron chi connectivity index (χ0n) is 18.2. The van der Waals surface area contributed by atoms with Crippen LogP contribution in [-0.2, 0) is 6.18 Å². The third-order valence-corrected chi connectivity index (χ3v) is 6.72. The molecule has 1 atom stereocenters. The summed E-state index contributed by atoms with van der Waals surface area (Å²) in [6.45, 7) is 1.62. The van der Waals surface area contributed by atoms with Crippen LogP contribution in [0.5, 0.6) is 0 Å². The number of piperidine rings is 1. The molecule has 1 aliphatic heterocycles. The molecule has 1 saturated carbocycles. The smallest absolute Gasteiger partial charge is 0.356 e. The van der Waals surface area contributed by atoms with E-state index in [0.29, 0.717) is 17.4 Å². The number of anilines is 1. The van der Waals surface area contributed by atoms with Crippen LogP contribution in [0.25, 0.3) is 22.2 Å². The van der Waals surface area contributed by atoms with E-state index in [0.717, 1.165) is 51.3 Å². The van der Waals surface area contributed by atoms with Crippen LogP contribution in [0, 0.1) is 0 Å². The van der Waals surface area contributed by atoms with E-state index >= 15 is 0 Å². The first-order valence-electron chi connectivity index (χ1n) is 11.6. The Bertz CT molecular complexity index is 1190. The molecular formula is C23H27F3N6O. The molecular weight excluding hydrogens is 433 g/mol. The molecule has 176 valence electrons. The fraction of sp³-hybridized carbons (Fsp3) is 0.522. The van der Waals surface area contributed by atoms with E-state index in [2.05, 4.69) is 25.6 Å². The van der Waals surface area contributed by atoms with Gasteiger partial charge in [0.25, 0.3) is 5.56 Å². The van der Waals surface area contributed by atoms with E-state index < -0.39 is 11.7 Å². The number of pyridine rings is 1. The summed E-state index contributed by atoms with van der Waals surface area (Å²) < 4.78 is 43.2. The summed E-state index contributed by atoms with van der Waals surface area (Å²) in [5.74, 6) is 0.150. The minimum absolute atomic E-state index is 0.0500. The number of hydrogen-bond donors (Lipinski definition) is 3. The Morgan fingerprint density at radius 2 is 1.94 bits per heavy atom. The van der Waals surface area contributed by atoms with Crippen LogP contribution < -0.4 is 16.2 Å². The van der Waals surface area contributed by atoms with Crippen molar-refractivity contribution >= 4 is 16.9 Å². The summed E-state index contributed by atoms with van der Waals surface area (Å²) in [4.78, 5) is 24.3. The van der Waals surface area contributed by atoms with Crippen LogP contribution in [-0.4, -0.2) is 38.7 Å². The number of rotatable bonds is 4. The fourth-order valence-electron chi connectivity index (χ4n) is 5.00. The maximum atomic E-state index is 13.8. The predicted molar refractivity (Wildman–Crippen MR) is 120 cm³/mol. The number of aromatic nitrogens is 4. The lowest BCUT2D eigenvalue weighted by molar-refractivity contribution is -0.137. The molecule has 0 radical (unpaired) electrons. The van der Waals surface area contributed by atoms with Gasteiger partial charge in [-0.15, -0.1) is 0 Å². The number of halogens is 3. The molecule has 33 heavy (non-hydrogen) atoms. The highest BCUT2D eigenvalue weighted by Gasteiger charge is 2.36.